The van der Waals surface area contributed by atoms with E-state index in [2.05, 4.69) is 36.5 Å². The van der Waals surface area contributed by atoms with Crippen molar-refractivity contribution in [3.63, 3.8) is 0 Å². The van der Waals surface area contributed by atoms with Gasteiger partial charge in [0, 0.05) is 0 Å². The van der Waals surface area contributed by atoms with Gasteiger partial charge in [-0.15, -0.1) is 0 Å². The molecular weight excluding hydrogens is 168 g/mol. The fourth-order valence-corrected chi connectivity index (χ4v) is 1.19. The smallest absolute Gasteiger partial charge is 0.0166 e. The van der Waals surface area contributed by atoms with Crippen molar-refractivity contribution in [2.24, 2.45) is 0 Å². The number of rotatable bonds is 0. The van der Waals surface area contributed by atoms with E-state index in [4.69, 9.17) is 0 Å². The average molecular weight is 185 g/mol. The van der Waals surface area contributed by atoms with Gasteiger partial charge < -0.3 is 0 Å². The van der Waals surface area contributed by atoms with Crippen LogP contribution in [0, 0.1) is 6.08 Å². The van der Waals surface area contributed by atoms with Gasteiger partial charge in [-0.25, -0.2) is 0 Å². The van der Waals surface area contributed by atoms with Gasteiger partial charge in [0.1, 0.15) is 0 Å². The molecule has 0 aliphatic heterocycles. The minimum absolute atomic E-state index is 1.01. The van der Waals surface area contributed by atoms with E-state index in [1.807, 2.05) is 24.3 Å². The molecule has 0 nitrogen and oxygen atoms in total. The van der Waals surface area contributed by atoms with Crippen LogP contribution >= 0.6 is 0 Å². The van der Waals surface area contributed by atoms with E-state index in [0.717, 1.165) is 12.8 Å². The normalized spacial score (nSPS) is 29.7. The number of allylic oxidation sites excluding steroid dienone is 10. The molecule has 0 unspecified atom stereocenters. The lowest BCUT2D eigenvalue weighted by atomic mass is 10.2. The van der Waals surface area contributed by atoms with Gasteiger partial charge in [-0.05, 0) is 31.8 Å². The number of hydrogen-bond donors (Lipinski definition) is 0. The zero-order valence-corrected chi connectivity index (χ0v) is 8.52. The summed E-state index contributed by atoms with van der Waals surface area (Å²) in [6.07, 6.45) is 26.5. The van der Waals surface area contributed by atoms with Crippen LogP contribution in [0.1, 0.15) is 25.7 Å². The predicted molar refractivity (Wildman–Crippen MR) is 62.8 cm³/mol. The second kappa shape index (κ2) is 8.31. The van der Waals surface area contributed by atoms with E-state index in [0.29, 0.717) is 0 Å². The van der Waals surface area contributed by atoms with Crippen molar-refractivity contribution in [2.45, 2.75) is 25.7 Å². The summed E-state index contributed by atoms with van der Waals surface area (Å²) in [7, 11) is 0. The quantitative estimate of drug-likeness (QED) is 0.497. The third kappa shape index (κ3) is 6.24. The first-order valence-electron chi connectivity index (χ1n) is 5.21. The summed E-state index contributed by atoms with van der Waals surface area (Å²) < 4.78 is 0. The first-order chi connectivity index (χ1) is 7.00. The van der Waals surface area contributed by atoms with Crippen LogP contribution in [0.15, 0.2) is 54.7 Å². The van der Waals surface area contributed by atoms with Crippen molar-refractivity contribution in [3.8, 4) is 0 Å². The summed E-state index contributed by atoms with van der Waals surface area (Å²) in [5, 5.41) is 0. The van der Waals surface area contributed by atoms with Crippen LogP contribution in [-0.4, -0.2) is 0 Å². The number of hydrogen-bond acceptors (Lipinski definition) is 0. The Morgan fingerprint density at radius 2 is 1.71 bits per heavy atom. The molecule has 0 aromatic carbocycles. The van der Waals surface area contributed by atoms with Gasteiger partial charge in [-0.3, -0.25) is 0 Å². The van der Waals surface area contributed by atoms with E-state index < -0.39 is 0 Å². The topological polar surface area (TPSA) is 0 Å². The van der Waals surface area contributed by atoms with Crippen molar-refractivity contribution in [3.05, 3.63) is 60.8 Å². The monoisotopic (exact) mass is 185 g/mol. The SMILES string of the molecule is [C]1=C/C=C\C=C\CCC/C=C\C/C=C/1. The molecule has 0 spiro atoms. The van der Waals surface area contributed by atoms with Crippen LogP contribution in [0.25, 0.3) is 0 Å². The molecule has 0 aromatic rings. The maximum Gasteiger partial charge on any atom is -0.0166 e. The first kappa shape index (κ1) is 10.8. The van der Waals surface area contributed by atoms with Gasteiger partial charge >= 0.3 is 0 Å². The molecule has 73 valence electrons. The molecule has 0 N–H and O–H groups in total. The molecule has 0 saturated carbocycles. The van der Waals surface area contributed by atoms with Gasteiger partial charge in [-0.1, -0.05) is 54.7 Å². The highest BCUT2D eigenvalue weighted by Crippen LogP contribution is 2.00. The molecule has 14 heavy (non-hydrogen) atoms. The molecule has 0 fully saturated rings. The Morgan fingerprint density at radius 1 is 0.786 bits per heavy atom. The Bertz CT molecular complexity index is 262. The molecular formula is C14H17. The molecule has 0 aromatic heterocycles. The summed E-state index contributed by atoms with van der Waals surface area (Å²) in [6.45, 7) is 0. The van der Waals surface area contributed by atoms with E-state index in [9.17, 15) is 0 Å². The van der Waals surface area contributed by atoms with Gasteiger partial charge in [0.15, 0.2) is 0 Å². The van der Waals surface area contributed by atoms with Crippen molar-refractivity contribution in [2.75, 3.05) is 0 Å². The molecule has 1 aliphatic carbocycles. The molecule has 0 heterocycles. The van der Waals surface area contributed by atoms with Gasteiger partial charge in [0.25, 0.3) is 0 Å². The van der Waals surface area contributed by atoms with Crippen LogP contribution in [0.5, 0.6) is 0 Å². The fraction of sp³-hybridized carbons (Fsp3) is 0.286. The first-order valence-corrected chi connectivity index (χ1v) is 5.21. The zero-order valence-electron chi connectivity index (χ0n) is 8.52. The molecule has 1 rings (SSSR count). The standard InChI is InChI=1S/C14H17/c1-2-4-6-8-10-12-14-13-11-9-7-5-3-1/h1-5,9,11-12,14H,6,8,10,13H2/b3-1-,4-2+,7-5?,11-9+,14-12-. The third-order valence-electron chi connectivity index (χ3n) is 1.95. The van der Waals surface area contributed by atoms with Crippen molar-refractivity contribution in [1.82, 2.24) is 0 Å². The van der Waals surface area contributed by atoms with Gasteiger partial charge in [-0.2, -0.15) is 0 Å². The molecule has 0 atom stereocenters. The summed E-state index contributed by atoms with van der Waals surface area (Å²) in [5.74, 6) is 0. The average Bonchev–Trinajstić information content (AvgIpc) is 2.22. The largest absolute Gasteiger partial charge is 0.0882 e. The maximum atomic E-state index is 3.08. The third-order valence-corrected chi connectivity index (χ3v) is 1.95. The van der Waals surface area contributed by atoms with Crippen molar-refractivity contribution < 1.29 is 0 Å². The molecule has 1 radical (unpaired) electrons. The van der Waals surface area contributed by atoms with Gasteiger partial charge in [0.2, 0.25) is 0 Å². The zero-order chi connectivity index (χ0) is 9.90. The minimum Gasteiger partial charge on any atom is -0.0882 e. The summed E-state index contributed by atoms with van der Waals surface area (Å²) in [5.41, 5.74) is 0. The van der Waals surface area contributed by atoms with E-state index in [1.54, 1.807) is 0 Å². The molecule has 1 aliphatic rings. The predicted octanol–water partition coefficient (Wildman–Crippen LogP) is 4.14. The Labute approximate surface area is 87.0 Å². The Morgan fingerprint density at radius 3 is 2.71 bits per heavy atom. The van der Waals surface area contributed by atoms with Crippen LogP contribution in [-0.2, 0) is 0 Å². The Balaban J connectivity index is 2.46. The maximum absolute atomic E-state index is 3.08. The van der Waals surface area contributed by atoms with Crippen LogP contribution < -0.4 is 0 Å². The lowest BCUT2D eigenvalue weighted by molar-refractivity contribution is 0.866. The summed E-state index contributed by atoms with van der Waals surface area (Å²) in [4.78, 5) is 0. The second-order valence-corrected chi connectivity index (χ2v) is 3.19. The Kier molecular flexibility index (Phi) is 6.39. The molecule has 0 saturated heterocycles. The van der Waals surface area contributed by atoms with E-state index >= 15 is 0 Å². The second-order valence-electron chi connectivity index (χ2n) is 3.19. The lowest BCUT2D eigenvalue weighted by Gasteiger charge is -1.89. The summed E-state index contributed by atoms with van der Waals surface area (Å²) in [6, 6.07) is 0. The Hall–Kier alpha value is -1.30. The highest BCUT2D eigenvalue weighted by molar-refractivity contribution is 5.12. The molecule has 0 bridgehead atoms. The minimum atomic E-state index is 1.01. The van der Waals surface area contributed by atoms with E-state index in [1.165, 1.54) is 12.8 Å². The lowest BCUT2D eigenvalue weighted by Crippen LogP contribution is -1.69. The molecule has 0 heteroatoms. The fourth-order valence-electron chi connectivity index (χ4n) is 1.19. The molecule has 0 amide bonds. The van der Waals surface area contributed by atoms with Crippen molar-refractivity contribution in [1.29, 1.82) is 0 Å². The van der Waals surface area contributed by atoms with Crippen LogP contribution in [0.3, 0.4) is 0 Å². The van der Waals surface area contributed by atoms with Crippen molar-refractivity contribution >= 4 is 0 Å². The van der Waals surface area contributed by atoms with E-state index in [-0.39, 0.29) is 0 Å². The highest BCUT2D eigenvalue weighted by atomic mass is 13.9. The highest BCUT2D eigenvalue weighted by Gasteiger charge is 1.79. The van der Waals surface area contributed by atoms with Crippen LogP contribution in [0.4, 0.5) is 0 Å². The van der Waals surface area contributed by atoms with Gasteiger partial charge in [0.05, 0.1) is 0 Å². The summed E-state index contributed by atoms with van der Waals surface area (Å²) >= 11 is 0. The van der Waals surface area contributed by atoms with Crippen LogP contribution in [0.2, 0.25) is 0 Å².